The second-order valence-electron chi connectivity index (χ2n) is 5.00. The highest BCUT2D eigenvalue weighted by Crippen LogP contribution is 2.25. The van der Waals surface area contributed by atoms with Gasteiger partial charge in [0.2, 0.25) is 0 Å². The van der Waals surface area contributed by atoms with Gasteiger partial charge in [0.1, 0.15) is 0 Å². The lowest BCUT2D eigenvalue weighted by molar-refractivity contribution is 0.668. The Morgan fingerprint density at radius 3 is 2.38 bits per heavy atom. The molecule has 1 radical (unpaired) electrons. The average molecular weight is 310 g/mol. The summed E-state index contributed by atoms with van der Waals surface area (Å²) in [4.78, 5) is 0. The third-order valence-corrected chi connectivity index (χ3v) is 3.45. The molecule has 1 atom stereocenters. The Hall–Kier alpha value is -1.95. The smallest absolute Gasteiger partial charge is 0.186 e. The van der Waals surface area contributed by atoms with Crippen molar-refractivity contribution in [2.75, 3.05) is 0 Å². The average Bonchev–Trinajstić information content (AvgIpc) is 2.42. The summed E-state index contributed by atoms with van der Waals surface area (Å²) in [6, 6.07) is 6.03. The van der Waals surface area contributed by atoms with Gasteiger partial charge in [0.05, 0.1) is 12.6 Å². The molecule has 0 saturated carbocycles. The minimum absolute atomic E-state index is 0. The van der Waals surface area contributed by atoms with Crippen LogP contribution in [0.15, 0.2) is 18.2 Å². The standard InChI is InChI=1S/C14H21N6.ClH/c15-13(16)19-8-12(20-14(17)18)11-6-5-9-3-1-2-4-10(9)7-11;/h5-8,12H,1-4H2,(H4,15,16,19)(H4,17,18,20);1H. The van der Waals surface area contributed by atoms with Crippen molar-refractivity contribution in [3.63, 3.8) is 0 Å². The summed E-state index contributed by atoms with van der Waals surface area (Å²) in [6.45, 7) is 1.63. The van der Waals surface area contributed by atoms with E-state index in [-0.39, 0.29) is 30.4 Å². The first-order valence-corrected chi connectivity index (χ1v) is 6.72. The Kier molecular flexibility index (Phi) is 6.30. The number of halogens is 1. The molecule has 1 aromatic carbocycles. The predicted octanol–water partition coefficient (Wildman–Crippen LogP) is 1.16. The van der Waals surface area contributed by atoms with E-state index in [9.17, 15) is 0 Å². The fourth-order valence-corrected chi connectivity index (χ4v) is 2.51. The molecule has 8 N–H and O–H groups in total. The third kappa shape index (κ3) is 4.82. The molecule has 1 aliphatic rings. The number of fused-ring (bicyclic) bond motifs is 1. The molecular weight excluding hydrogens is 288 g/mol. The van der Waals surface area contributed by atoms with E-state index in [1.54, 1.807) is 6.54 Å². The van der Waals surface area contributed by atoms with Gasteiger partial charge in [-0.1, -0.05) is 18.2 Å². The monoisotopic (exact) mass is 309 g/mol. The van der Waals surface area contributed by atoms with Crippen LogP contribution in [-0.2, 0) is 12.8 Å². The molecule has 0 aromatic heterocycles. The van der Waals surface area contributed by atoms with Crippen LogP contribution in [0, 0.1) is 17.4 Å². The molecule has 0 saturated heterocycles. The number of benzene rings is 1. The summed E-state index contributed by atoms with van der Waals surface area (Å²) in [7, 11) is 0. The Bertz CT molecular complexity index is 516. The van der Waals surface area contributed by atoms with Crippen LogP contribution in [0.2, 0.25) is 0 Å². The maximum absolute atomic E-state index is 7.38. The maximum Gasteiger partial charge on any atom is 0.186 e. The Labute approximate surface area is 131 Å². The molecule has 21 heavy (non-hydrogen) atoms. The van der Waals surface area contributed by atoms with Crippen molar-refractivity contribution in [3.8, 4) is 0 Å². The molecular formula is C14H22ClN6. The van der Waals surface area contributed by atoms with Crippen molar-refractivity contribution in [1.82, 2.24) is 10.6 Å². The van der Waals surface area contributed by atoms with Gasteiger partial charge in [-0.05, 0) is 42.4 Å². The van der Waals surface area contributed by atoms with Crippen molar-refractivity contribution in [3.05, 3.63) is 41.4 Å². The number of rotatable bonds is 4. The van der Waals surface area contributed by atoms with E-state index in [1.807, 2.05) is 6.07 Å². The fourth-order valence-electron chi connectivity index (χ4n) is 2.51. The summed E-state index contributed by atoms with van der Waals surface area (Å²) < 4.78 is 0. The maximum atomic E-state index is 7.38. The molecule has 1 unspecified atom stereocenters. The quantitative estimate of drug-likeness (QED) is 0.369. The van der Waals surface area contributed by atoms with Crippen LogP contribution in [0.5, 0.6) is 0 Å². The van der Waals surface area contributed by atoms with E-state index in [4.69, 9.17) is 22.3 Å². The van der Waals surface area contributed by atoms with Gasteiger partial charge in [0.25, 0.3) is 0 Å². The fraction of sp³-hybridized carbons (Fsp3) is 0.357. The highest BCUT2D eigenvalue weighted by atomic mass is 35.5. The second kappa shape index (κ2) is 7.73. The molecule has 1 aliphatic carbocycles. The van der Waals surface area contributed by atoms with Crippen molar-refractivity contribution in [1.29, 1.82) is 10.8 Å². The first-order chi connectivity index (χ1) is 9.56. The van der Waals surface area contributed by atoms with Gasteiger partial charge in [-0.3, -0.25) is 10.8 Å². The van der Waals surface area contributed by atoms with E-state index in [1.165, 1.54) is 24.0 Å². The molecule has 2 rings (SSSR count). The van der Waals surface area contributed by atoms with Crippen molar-refractivity contribution >= 4 is 24.3 Å². The first kappa shape index (κ1) is 17.1. The van der Waals surface area contributed by atoms with E-state index < -0.39 is 0 Å². The van der Waals surface area contributed by atoms with Crippen molar-refractivity contribution < 1.29 is 0 Å². The zero-order valence-electron chi connectivity index (χ0n) is 11.8. The zero-order valence-corrected chi connectivity index (χ0v) is 12.6. The molecule has 0 fully saturated rings. The number of nitrogens with two attached hydrogens (primary N) is 2. The molecule has 0 spiro atoms. The highest BCUT2D eigenvalue weighted by molar-refractivity contribution is 5.85. The highest BCUT2D eigenvalue weighted by Gasteiger charge is 2.16. The van der Waals surface area contributed by atoms with Crippen LogP contribution in [0.25, 0.3) is 0 Å². The van der Waals surface area contributed by atoms with Gasteiger partial charge in [0.15, 0.2) is 11.9 Å². The Morgan fingerprint density at radius 1 is 1.10 bits per heavy atom. The molecule has 0 bridgehead atoms. The lowest BCUT2D eigenvalue weighted by Gasteiger charge is -2.22. The summed E-state index contributed by atoms with van der Waals surface area (Å²) in [5, 5.41) is 20.1. The van der Waals surface area contributed by atoms with Crippen LogP contribution in [-0.4, -0.2) is 11.9 Å². The largest absolute Gasteiger partial charge is 0.370 e. The van der Waals surface area contributed by atoms with E-state index in [0.29, 0.717) is 0 Å². The van der Waals surface area contributed by atoms with Crippen LogP contribution in [0.4, 0.5) is 0 Å². The lowest BCUT2D eigenvalue weighted by Crippen LogP contribution is -2.39. The molecule has 1 aromatic rings. The van der Waals surface area contributed by atoms with E-state index in [0.717, 1.165) is 18.4 Å². The molecule has 0 heterocycles. The van der Waals surface area contributed by atoms with Crippen LogP contribution < -0.4 is 22.1 Å². The van der Waals surface area contributed by atoms with Gasteiger partial charge >= 0.3 is 0 Å². The summed E-state index contributed by atoms with van der Waals surface area (Å²) in [5.74, 6) is -0.257. The minimum atomic E-state index is -0.288. The molecule has 115 valence electrons. The number of nitrogens with one attached hydrogen (secondary N) is 4. The van der Waals surface area contributed by atoms with Crippen LogP contribution in [0.3, 0.4) is 0 Å². The summed E-state index contributed by atoms with van der Waals surface area (Å²) in [5.41, 5.74) is 14.5. The number of hydrogen-bond acceptors (Lipinski definition) is 2. The van der Waals surface area contributed by atoms with Crippen LogP contribution in [0.1, 0.15) is 35.6 Å². The number of aryl methyl sites for hydroxylation is 2. The van der Waals surface area contributed by atoms with E-state index in [2.05, 4.69) is 22.8 Å². The van der Waals surface area contributed by atoms with E-state index >= 15 is 0 Å². The topological polar surface area (TPSA) is 124 Å². The van der Waals surface area contributed by atoms with Gasteiger partial charge in [-0.25, -0.2) is 0 Å². The minimum Gasteiger partial charge on any atom is -0.370 e. The van der Waals surface area contributed by atoms with Crippen molar-refractivity contribution in [2.24, 2.45) is 11.5 Å². The number of guanidine groups is 2. The molecule has 6 nitrogen and oxygen atoms in total. The SMILES string of the molecule is Cl.N=C(N)N[CH]C(NC(=N)N)c1ccc2c(c1)CCCC2. The molecule has 0 aliphatic heterocycles. The lowest BCUT2D eigenvalue weighted by atomic mass is 9.89. The Morgan fingerprint density at radius 2 is 1.76 bits per heavy atom. The third-order valence-electron chi connectivity index (χ3n) is 3.45. The summed E-state index contributed by atoms with van der Waals surface area (Å²) >= 11 is 0. The van der Waals surface area contributed by atoms with Crippen molar-refractivity contribution in [2.45, 2.75) is 31.7 Å². The zero-order chi connectivity index (χ0) is 14.5. The van der Waals surface area contributed by atoms with Crippen LogP contribution >= 0.6 is 12.4 Å². The molecule has 7 heteroatoms. The predicted molar refractivity (Wildman–Crippen MR) is 87.5 cm³/mol. The first-order valence-electron chi connectivity index (χ1n) is 6.72. The Balaban J connectivity index is 0.00000220. The van der Waals surface area contributed by atoms with Gasteiger partial charge in [-0.2, -0.15) is 0 Å². The normalized spacial score (nSPS) is 14.3. The van der Waals surface area contributed by atoms with Gasteiger partial charge < -0.3 is 22.1 Å². The van der Waals surface area contributed by atoms with Gasteiger partial charge in [-0.15, -0.1) is 12.4 Å². The second-order valence-corrected chi connectivity index (χ2v) is 5.00. The number of hydrogen-bond donors (Lipinski definition) is 6. The molecule has 0 amide bonds. The van der Waals surface area contributed by atoms with Gasteiger partial charge in [0, 0.05) is 0 Å². The summed E-state index contributed by atoms with van der Waals surface area (Å²) in [6.07, 6.45) is 4.70.